The first-order valence-corrected chi connectivity index (χ1v) is 16.3. The molecule has 3 atom stereocenters. The van der Waals surface area contributed by atoms with E-state index < -0.39 is 5.60 Å². The summed E-state index contributed by atoms with van der Waals surface area (Å²) in [5.41, 5.74) is 2.59. The number of ether oxygens (including phenoxy) is 2. The van der Waals surface area contributed by atoms with E-state index in [2.05, 4.69) is 122 Å². The number of ketones is 1. The van der Waals surface area contributed by atoms with Gasteiger partial charge in [0, 0.05) is 18.8 Å². The molecule has 44 heavy (non-hydrogen) atoms. The molecule has 3 aromatic carbocycles. The molecule has 4 heteroatoms. The number of Topliss-reactive ketones (excluding diaryl/α,β-unsaturated/α-hetero) is 1. The molecule has 1 unspecified atom stereocenters. The number of rotatable bonds is 17. The first-order chi connectivity index (χ1) is 21.6. The molecule has 1 aliphatic rings. The smallest absolute Gasteiger partial charge is 0.305 e. The van der Waals surface area contributed by atoms with Gasteiger partial charge in [-0.15, -0.1) is 0 Å². The molecule has 0 spiro atoms. The molecule has 232 valence electrons. The van der Waals surface area contributed by atoms with Crippen LogP contribution in [-0.2, 0) is 24.7 Å². The van der Waals surface area contributed by atoms with Gasteiger partial charge in [-0.1, -0.05) is 135 Å². The zero-order chi connectivity index (χ0) is 31.0. The molecule has 3 aromatic rings. The Bertz CT molecular complexity index is 1230. The predicted molar refractivity (Wildman–Crippen MR) is 178 cm³/mol. The van der Waals surface area contributed by atoms with Crippen molar-refractivity contribution in [3.63, 3.8) is 0 Å². The fourth-order valence-electron chi connectivity index (χ4n) is 6.33. The summed E-state index contributed by atoms with van der Waals surface area (Å²) in [5.74, 6) is 0.449. The highest BCUT2D eigenvalue weighted by Gasteiger charge is 2.39. The third kappa shape index (κ3) is 8.89. The second kappa shape index (κ2) is 17.5. The van der Waals surface area contributed by atoms with Gasteiger partial charge in [0.05, 0.1) is 13.2 Å². The molecular weight excluding hydrogens is 544 g/mol. The van der Waals surface area contributed by atoms with Crippen LogP contribution in [0.5, 0.6) is 0 Å². The second-order valence-electron chi connectivity index (χ2n) is 11.8. The van der Waals surface area contributed by atoms with Crippen molar-refractivity contribution in [1.82, 2.24) is 0 Å². The Morgan fingerprint density at radius 1 is 0.864 bits per heavy atom. The van der Waals surface area contributed by atoms with Crippen LogP contribution in [0.25, 0.3) is 0 Å². The summed E-state index contributed by atoms with van der Waals surface area (Å²) in [6, 6.07) is 31.7. The monoisotopic (exact) mass is 592 g/mol. The Balaban J connectivity index is 1.53. The summed E-state index contributed by atoms with van der Waals surface area (Å²) in [4.78, 5) is 24.1. The van der Waals surface area contributed by atoms with Crippen LogP contribution in [0.4, 0.5) is 0 Å². The van der Waals surface area contributed by atoms with Gasteiger partial charge < -0.3 is 9.47 Å². The Kier molecular flexibility index (Phi) is 13.2. The third-order valence-corrected chi connectivity index (χ3v) is 8.74. The van der Waals surface area contributed by atoms with Gasteiger partial charge in [0.25, 0.3) is 0 Å². The fourth-order valence-corrected chi connectivity index (χ4v) is 6.33. The summed E-state index contributed by atoms with van der Waals surface area (Å²) in [6.45, 7) is 2.23. The molecule has 0 amide bonds. The van der Waals surface area contributed by atoms with Gasteiger partial charge in [0.2, 0.25) is 0 Å². The molecule has 0 N–H and O–H groups in total. The normalized spacial score (nSPS) is 17.8. The Morgan fingerprint density at radius 3 is 2.00 bits per heavy atom. The van der Waals surface area contributed by atoms with Crippen molar-refractivity contribution >= 4 is 11.8 Å². The Labute approximate surface area is 264 Å². The van der Waals surface area contributed by atoms with Crippen molar-refractivity contribution < 1.29 is 19.1 Å². The molecule has 0 bridgehead atoms. The van der Waals surface area contributed by atoms with Crippen molar-refractivity contribution in [3.8, 4) is 0 Å². The van der Waals surface area contributed by atoms with Gasteiger partial charge in [-0.3, -0.25) is 9.59 Å². The molecule has 0 radical (unpaired) electrons. The minimum Gasteiger partial charge on any atom is -0.469 e. The average Bonchev–Trinajstić information content (AvgIpc) is 3.43. The minimum atomic E-state index is -0.749. The summed E-state index contributed by atoms with van der Waals surface area (Å²) in [6.07, 6.45) is 17.0. The van der Waals surface area contributed by atoms with Crippen LogP contribution in [0, 0.1) is 11.8 Å². The lowest BCUT2D eigenvalue weighted by atomic mass is 9.79. The van der Waals surface area contributed by atoms with Crippen LogP contribution >= 0.6 is 0 Å². The largest absolute Gasteiger partial charge is 0.469 e. The molecule has 0 aromatic heterocycles. The first-order valence-electron chi connectivity index (χ1n) is 16.3. The van der Waals surface area contributed by atoms with Gasteiger partial charge >= 0.3 is 5.97 Å². The number of hydrogen-bond donors (Lipinski definition) is 0. The van der Waals surface area contributed by atoms with Gasteiger partial charge in [0.1, 0.15) is 11.4 Å². The maximum absolute atomic E-state index is 12.8. The summed E-state index contributed by atoms with van der Waals surface area (Å²) in [5, 5.41) is 0. The van der Waals surface area contributed by atoms with Crippen molar-refractivity contribution in [2.45, 2.75) is 82.8 Å². The highest BCUT2D eigenvalue weighted by molar-refractivity contribution is 5.83. The lowest BCUT2D eigenvalue weighted by molar-refractivity contribution is -0.140. The highest BCUT2D eigenvalue weighted by Crippen LogP contribution is 2.42. The van der Waals surface area contributed by atoms with E-state index in [1.807, 2.05) is 0 Å². The van der Waals surface area contributed by atoms with E-state index in [-0.39, 0.29) is 23.9 Å². The van der Waals surface area contributed by atoms with Crippen LogP contribution in [0.15, 0.2) is 115 Å². The first kappa shape index (κ1) is 33.1. The number of unbranched alkanes of at least 4 members (excludes halogenated alkanes) is 2. The number of esters is 1. The van der Waals surface area contributed by atoms with E-state index in [0.29, 0.717) is 18.6 Å². The second-order valence-corrected chi connectivity index (χ2v) is 11.8. The minimum absolute atomic E-state index is 0.00270. The van der Waals surface area contributed by atoms with Crippen LogP contribution in [0.1, 0.15) is 87.8 Å². The number of methoxy groups -OCH3 is 1. The maximum Gasteiger partial charge on any atom is 0.305 e. The summed E-state index contributed by atoms with van der Waals surface area (Å²) >= 11 is 0. The topological polar surface area (TPSA) is 52.6 Å². The van der Waals surface area contributed by atoms with E-state index >= 15 is 0 Å². The van der Waals surface area contributed by atoms with E-state index in [1.54, 1.807) is 0 Å². The quantitative estimate of drug-likeness (QED) is 0.0678. The predicted octanol–water partition coefficient (Wildman–Crippen LogP) is 9.39. The molecule has 1 saturated carbocycles. The number of carbonyl (C=O) groups excluding carboxylic acids is 2. The summed E-state index contributed by atoms with van der Waals surface area (Å²) in [7, 11) is 1.42. The van der Waals surface area contributed by atoms with Crippen LogP contribution in [-0.4, -0.2) is 25.0 Å². The molecule has 1 fully saturated rings. The SMILES string of the molecule is CCCCC(C/C=C/[C@H]1CCC(=O)[C@@H]1C/C=C\CCCC(=O)OC)OC(c1ccccc1)(c1ccccc1)c1ccccc1. The van der Waals surface area contributed by atoms with E-state index in [1.165, 1.54) is 7.11 Å². The number of benzene rings is 3. The van der Waals surface area contributed by atoms with Crippen LogP contribution in [0.3, 0.4) is 0 Å². The summed E-state index contributed by atoms with van der Waals surface area (Å²) < 4.78 is 12.1. The lowest BCUT2D eigenvalue weighted by Gasteiger charge is -2.39. The van der Waals surface area contributed by atoms with Gasteiger partial charge in [0.15, 0.2) is 0 Å². The molecule has 4 rings (SSSR count). The maximum atomic E-state index is 12.8. The third-order valence-electron chi connectivity index (χ3n) is 8.74. The average molecular weight is 593 g/mol. The Hall–Kier alpha value is -3.76. The van der Waals surface area contributed by atoms with Gasteiger partial charge in [-0.05, 0) is 61.1 Å². The van der Waals surface area contributed by atoms with Crippen molar-refractivity contribution in [2.75, 3.05) is 7.11 Å². The van der Waals surface area contributed by atoms with Crippen LogP contribution in [0.2, 0.25) is 0 Å². The molecule has 0 aliphatic heterocycles. The number of carbonyl (C=O) groups is 2. The van der Waals surface area contributed by atoms with E-state index in [4.69, 9.17) is 9.47 Å². The number of allylic oxidation sites excluding steroid dienone is 3. The molecule has 0 saturated heterocycles. The van der Waals surface area contributed by atoms with E-state index in [9.17, 15) is 9.59 Å². The zero-order valence-corrected chi connectivity index (χ0v) is 26.4. The number of hydrogen-bond acceptors (Lipinski definition) is 4. The Morgan fingerprint density at radius 2 is 1.45 bits per heavy atom. The van der Waals surface area contributed by atoms with Crippen molar-refractivity contribution in [1.29, 1.82) is 0 Å². The van der Waals surface area contributed by atoms with Crippen LogP contribution < -0.4 is 0 Å². The van der Waals surface area contributed by atoms with Gasteiger partial charge in [-0.2, -0.15) is 0 Å². The van der Waals surface area contributed by atoms with Gasteiger partial charge in [-0.25, -0.2) is 0 Å². The molecule has 4 nitrogen and oxygen atoms in total. The lowest BCUT2D eigenvalue weighted by Crippen LogP contribution is -2.37. The van der Waals surface area contributed by atoms with Crippen molar-refractivity contribution in [3.05, 3.63) is 132 Å². The highest BCUT2D eigenvalue weighted by atomic mass is 16.5. The molecular formula is C40H48O4. The fraction of sp³-hybridized carbons (Fsp3) is 0.400. The molecule has 1 aliphatic carbocycles. The zero-order valence-electron chi connectivity index (χ0n) is 26.4. The van der Waals surface area contributed by atoms with E-state index in [0.717, 1.165) is 68.1 Å². The molecule has 0 heterocycles. The van der Waals surface area contributed by atoms with Crippen molar-refractivity contribution in [2.24, 2.45) is 11.8 Å². The standard InChI is InChI=1S/C40H48O4/c1-3-4-26-36(27-18-19-32-30-31-38(41)37(32)28-16-5-6-17-29-39(42)43-2)44-40(33-20-10-7-11-21-33,34-22-12-8-13-23-34)35-24-14-9-15-25-35/h5,7-16,18-25,32,36-37H,3-4,6,17,26-31H2,1-2H3/b16-5-,19-18+/t32-,36?,37+/m0/s1.